The van der Waals surface area contributed by atoms with E-state index in [1.165, 1.54) is 0 Å². The molecule has 106 valence electrons. The molecule has 1 saturated heterocycles. The Morgan fingerprint density at radius 2 is 2.25 bits per heavy atom. The molecule has 0 radical (unpaired) electrons. The maximum Gasteiger partial charge on any atom is 0.258 e. The quantitative estimate of drug-likeness (QED) is 0.874. The molecule has 0 spiro atoms. The second-order valence-electron chi connectivity index (χ2n) is 4.70. The van der Waals surface area contributed by atoms with Gasteiger partial charge in [0.25, 0.3) is 5.91 Å². The Labute approximate surface area is 115 Å². The van der Waals surface area contributed by atoms with Gasteiger partial charge in [-0.1, -0.05) is 0 Å². The molecule has 20 heavy (non-hydrogen) atoms. The van der Waals surface area contributed by atoms with Gasteiger partial charge in [0, 0.05) is 13.2 Å². The fourth-order valence-electron chi connectivity index (χ4n) is 2.24. The van der Waals surface area contributed by atoms with E-state index in [1.54, 1.807) is 23.9 Å². The molecule has 0 aromatic carbocycles. The third-order valence-electron chi connectivity index (χ3n) is 3.31. The van der Waals surface area contributed by atoms with Crippen LogP contribution < -0.4 is 5.32 Å². The van der Waals surface area contributed by atoms with Crippen molar-refractivity contribution in [3.05, 3.63) is 18.3 Å². The van der Waals surface area contributed by atoms with E-state index in [1.807, 2.05) is 13.0 Å². The van der Waals surface area contributed by atoms with Crippen molar-refractivity contribution >= 4 is 23.0 Å². The number of ether oxygens (including phenoxy) is 2. The first-order valence-electron chi connectivity index (χ1n) is 6.48. The van der Waals surface area contributed by atoms with Gasteiger partial charge in [0.05, 0.1) is 19.3 Å². The summed E-state index contributed by atoms with van der Waals surface area (Å²) in [6.45, 7) is 2.76. The number of amides is 1. The van der Waals surface area contributed by atoms with Crippen LogP contribution in [-0.4, -0.2) is 45.9 Å². The summed E-state index contributed by atoms with van der Waals surface area (Å²) in [5, 5.41) is 2.77. The highest BCUT2D eigenvalue weighted by molar-refractivity contribution is 5.94. The molecular formula is C13H16N4O3. The molecule has 2 aromatic heterocycles. The topological polar surface area (TPSA) is 78.3 Å². The van der Waals surface area contributed by atoms with E-state index in [-0.39, 0.29) is 12.0 Å². The van der Waals surface area contributed by atoms with E-state index < -0.39 is 6.10 Å². The number of carbonyl (C=O) groups excluding carboxylic acids is 1. The number of nitrogens with one attached hydrogen (secondary N) is 1. The van der Waals surface area contributed by atoms with Crippen molar-refractivity contribution in [2.45, 2.75) is 19.1 Å². The third kappa shape index (κ3) is 2.25. The number of aromatic nitrogens is 3. The molecule has 7 heteroatoms. The number of rotatable bonds is 2. The number of nitrogens with zero attached hydrogens (tertiary/aromatic N) is 3. The lowest BCUT2D eigenvalue weighted by Gasteiger charge is -2.28. The van der Waals surface area contributed by atoms with E-state index in [0.29, 0.717) is 19.2 Å². The van der Waals surface area contributed by atoms with Gasteiger partial charge in [-0.25, -0.2) is 9.97 Å². The zero-order chi connectivity index (χ0) is 14.1. The summed E-state index contributed by atoms with van der Waals surface area (Å²) >= 11 is 0. The molecule has 1 amide bonds. The number of imidazole rings is 1. The lowest BCUT2D eigenvalue weighted by Crippen LogP contribution is -2.45. The van der Waals surface area contributed by atoms with Crippen LogP contribution in [0.3, 0.4) is 0 Å². The SMILES string of the molecule is C[C@@H]1OCCO[C@@H]1C(=O)Nc1nc2cccnc2n1C. The van der Waals surface area contributed by atoms with Crippen molar-refractivity contribution in [2.75, 3.05) is 18.5 Å². The first-order valence-corrected chi connectivity index (χ1v) is 6.48. The highest BCUT2D eigenvalue weighted by Crippen LogP contribution is 2.17. The summed E-state index contributed by atoms with van der Waals surface area (Å²) in [5.41, 5.74) is 1.45. The van der Waals surface area contributed by atoms with Gasteiger partial charge < -0.3 is 9.47 Å². The second kappa shape index (κ2) is 5.18. The Balaban J connectivity index is 1.82. The molecule has 1 aliphatic rings. The Bertz CT molecular complexity index is 640. The highest BCUT2D eigenvalue weighted by Gasteiger charge is 2.30. The van der Waals surface area contributed by atoms with Gasteiger partial charge in [-0.15, -0.1) is 0 Å². The molecule has 7 nitrogen and oxygen atoms in total. The van der Waals surface area contributed by atoms with Crippen LogP contribution in [0.1, 0.15) is 6.92 Å². The largest absolute Gasteiger partial charge is 0.373 e. The molecule has 0 unspecified atom stereocenters. The van der Waals surface area contributed by atoms with Crippen molar-refractivity contribution in [1.82, 2.24) is 14.5 Å². The molecule has 3 heterocycles. The minimum absolute atomic E-state index is 0.254. The number of pyridine rings is 1. The number of hydrogen-bond acceptors (Lipinski definition) is 5. The van der Waals surface area contributed by atoms with E-state index in [4.69, 9.17) is 9.47 Å². The van der Waals surface area contributed by atoms with Crippen LogP contribution in [0.2, 0.25) is 0 Å². The molecule has 1 fully saturated rings. The molecule has 0 saturated carbocycles. The van der Waals surface area contributed by atoms with Gasteiger partial charge >= 0.3 is 0 Å². The lowest BCUT2D eigenvalue weighted by molar-refractivity contribution is -0.157. The van der Waals surface area contributed by atoms with Gasteiger partial charge in [0.15, 0.2) is 11.8 Å². The molecule has 0 aliphatic carbocycles. The van der Waals surface area contributed by atoms with Crippen molar-refractivity contribution < 1.29 is 14.3 Å². The Morgan fingerprint density at radius 1 is 1.45 bits per heavy atom. The summed E-state index contributed by atoms with van der Waals surface area (Å²) in [7, 11) is 1.81. The minimum atomic E-state index is -0.614. The average Bonchev–Trinajstić information content (AvgIpc) is 2.76. The number of fused-ring (bicyclic) bond motifs is 1. The van der Waals surface area contributed by atoms with E-state index in [0.717, 1.165) is 11.2 Å². The predicted molar refractivity (Wildman–Crippen MR) is 72.3 cm³/mol. The van der Waals surface area contributed by atoms with E-state index in [2.05, 4.69) is 15.3 Å². The Hall–Kier alpha value is -1.99. The average molecular weight is 276 g/mol. The van der Waals surface area contributed by atoms with Gasteiger partial charge in [0.2, 0.25) is 5.95 Å². The van der Waals surface area contributed by atoms with Crippen molar-refractivity contribution in [3.63, 3.8) is 0 Å². The number of carbonyl (C=O) groups is 1. The van der Waals surface area contributed by atoms with Crippen molar-refractivity contribution in [1.29, 1.82) is 0 Å². The lowest BCUT2D eigenvalue weighted by atomic mass is 10.2. The standard InChI is InChI=1S/C13H16N4O3/c1-8-10(20-7-6-19-8)12(18)16-13-15-9-4-3-5-14-11(9)17(13)2/h3-5,8,10H,6-7H2,1-2H3,(H,15,16,18)/t8-,10-/m0/s1. The molecule has 1 aliphatic heterocycles. The van der Waals surface area contributed by atoms with Gasteiger partial charge in [-0.2, -0.15) is 0 Å². The number of anilines is 1. The van der Waals surface area contributed by atoms with Gasteiger partial charge in [-0.3, -0.25) is 14.7 Å². The normalized spacial score (nSPS) is 22.9. The third-order valence-corrected chi connectivity index (χ3v) is 3.31. The first kappa shape index (κ1) is 13.0. The van der Waals surface area contributed by atoms with E-state index in [9.17, 15) is 4.79 Å². The van der Waals surface area contributed by atoms with Crippen LogP contribution in [0, 0.1) is 0 Å². The van der Waals surface area contributed by atoms with Crippen LogP contribution >= 0.6 is 0 Å². The second-order valence-corrected chi connectivity index (χ2v) is 4.70. The van der Waals surface area contributed by atoms with Crippen molar-refractivity contribution in [3.8, 4) is 0 Å². The zero-order valence-corrected chi connectivity index (χ0v) is 11.4. The first-order chi connectivity index (χ1) is 9.66. The monoisotopic (exact) mass is 276 g/mol. The Morgan fingerprint density at radius 3 is 3.00 bits per heavy atom. The molecule has 2 aromatic rings. The Kier molecular flexibility index (Phi) is 3.37. The zero-order valence-electron chi connectivity index (χ0n) is 11.4. The molecule has 0 bridgehead atoms. The fraction of sp³-hybridized carbons (Fsp3) is 0.462. The highest BCUT2D eigenvalue weighted by atomic mass is 16.6. The fourth-order valence-corrected chi connectivity index (χ4v) is 2.24. The number of hydrogen-bond donors (Lipinski definition) is 1. The summed E-state index contributed by atoms with van der Waals surface area (Å²) in [6.07, 6.45) is 0.809. The molecular weight excluding hydrogens is 260 g/mol. The van der Waals surface area contributed by atoms with Crippen molar-refractivity contribution in [2.24, 2.45) is 7.05 Å². The predicted octanol–water partition coefficient (Wildman–Crippen LogP) is 0.711. The van der Waals surface area contributed by atoms with Crippen LogP contribution in [0.5, 0.6) is 0 Å². The number of aryl methyl sites for hydroxylation is 1. The smallest absolute Gasteiger partial charge is 0.258 e. The molecule has 1 N–H and O–H groups in total. The van der Waals surface area contributed by atoms with E-state index >= 15 is 0 Å². The van der Waals surface area contributed by atoms with Gasteiger partial charge in [-0.05, 0) is 19.1 Å². The molecule has 3 rings (SSSR count). The summed E-state index contributed by atoms with van der Waals surface area (Å²) in [6, 6.07) is 3.65. The summed E-state index contributed by atoms with van der Waals surface area (Å²) < 4.78 is 12.6. The van der Waals surface area contributed by atoms with Crippen LogP contribution in [0.25, 0.3) is 11.2 Å². The van der Waals surface area contributed by atoms with Crippen LogP contribution in [0.15, 0.2) is 18.3 Å². The maximum atomic E-state index is 12.2. The maximum absolute atomic E-state index is 12.2. The van der Waals surface area contributed by atoms with Crippen LogP contribution in [-0.2, 0) is 21.3 Å². The summed E-state index contributed by atoms with van der Waals surface area (Å²) in [4.78, 5) is 20.8. The van der Waals surface area contributed by atoms with Crippen LogP contribution in [0.4, 0.5) is 5.95 Å². The molecule has 2 atom stereocenters. The minimum Gasteiger partial charge on any atom is -0.373 e. The van der Waals surface area contributed by atoms with Gasteiger partial charge in [0.1, 0.15) is 5.52 Å². The summed E-state index contributed by atoms with van der Waals surface area (Å²) in [5.74, 6) is 0.195.